The van der Waals surface area contributed by atoms with Gasteiger partial charge in [-0.1, -0.05) is 11.6 Å². The number of benzene rings is 2. The van der Waals surface area contributed by atoms with E-state index in [-0.39, 0.29) is 11.1 Å². The van der Waals surface area contributed by atoms with Gasteiger partial charge in [0.15, 0.2) is 11.6 Å². The first-order valence-corrected chi connectivity index (χ1v) is 7.18. The topological polar surface area (TPSA) is 37.4 Å². The Morgan fingerprint density at radius 3 is 1.95 bits per heavy atom. The summed E-state index contributed by atoms with van der Waals surface area (Å²) in [6, 6.07) is 6.12. The molecular formula is C14H5ClF2INO2. The van der Waals surface area contributed by atoms with E-state index in [1.165, 1.54) is 12.1 Å². The fourth-order valence-corrected chi connectivity index (χ4v) is 3.23. The van der Waals surface area contributed by atoms with Crippen LogP contribution in [0.25, 0.3) is 0 Å². The lowest BCUT2D eigenvalue weighted by molar-refractivity contribution is 0.0926. The van der Waals surface area contributed by atoms with Crippen molar-refractivity contribution in [3.05, 3.63) is 61.7 Å². The summed E-state index contributed by atoms with van der Waals surface area (Å²) in [7, 11) is 0. The number of nitrogens with zero attached hydrogens (tertiary/aromatic N) is 1. The predicted molar refractivity (Wildman–Crippen MR) is 81.7 cm³/mol. The Morgan fingerprint density at radius 1 is 0.952 bits per heavy atom. The van der Waals surface area contributed by atoms with Crippen LogP contribution in [0.1, 0.15) is 20.7 Å². The minimum Gasteiger partial charge on any atom is -0.268 e. The molecule has 0 aromatic heterocycles. The van der Waals surface area contributed by atoms with Gasteiger partial charge in [-0.25, -0.2) is 13.7 Å². The third-order valence-corrected chi connectivity index (χ3v) is 4.18. The van der Waals surface area contributed by atoms with E-state index in [0.29, 0.717) is 14.3 Å². The van der Waals surface area contributed by atoms with Gasteiger partial charge in [0.25, 0.3) is 11.8 Å². The maximum absolute atomic E-state index is 13.3. The molecule has 3 nitrogen and oxygen atoms in total. The number of hydrogen-bond acceptors (Lipinski definition) is 2. The van der Waals surface area contributed by atoms with Crippen molar-refractivity contribution in [2.24, 2.45) is 0 Å². The number of carbonyl (C=O) groups is 2. The molecule has 106 valence electrons. The van der Waals surface area contributed by atoms with Gasteiger partial charge in [-0.3, -0.25) is 9.59 Å². The zero-order chi connectivity index (χ0) is 15.3. The maximum atomic E-state index is 13.3. The molecule has 2 amide bonds. The number of halogens is 4. The van der Waals surface area contributed by atoms with Crippen molar-refractivity contribution in [3.8, 4) is 0 Å². The van der Waals surface area contributed by atoms with E-state index < -0.39 is 23.4 Å². The van der Waals surface area contributed by atoms with Gasteiger partial charge in [0.1, 0.15) is 0 Å². The van der Waals surface area contributed by atoms with Crippen molar-refractivity contribution in [2.45, 2.75) is 0 Å². The zero-order valence-electron chi connectivity index (χ0n) is 10.2. The standard InChI is InChI=1S/C14H5ClF2INO2/c15-6-1-2-12(11(18)3-6)19-13(20)7-4-9(16)10(17)5-8(7)14(19)21/h1-5H. The first kappa shape index (κ1) is 14.4. The van der Waals surface area contributed by atoms with Gasteiger partial charge < -0.3 is 0 Å². The van der Waals surface area contributed by atoms with E-state index in [9.17, 15) is 18.4 Å². The lowest BCUT2D eigenvalue weighted by Crippen LogP contribution is -2.30. The van der Waals surface area contributed by atoms with Crippen molar-refractivity contribution in [2.75, 3.05) is 4.90 Å². The second-order valence-electron chi connectivity index (χ2n) is 4.35. The van der Waals surface area contributed by atoms with Crippen LogP contribution in [0.5, 0.6) is 0 Å². The van der Waals surface area contributed by atoms with Gasteiger partial charge in [0.2, 0.25) is 0 Å². The highest BCUT2D eigenvalue weighted by Crippen LogP contribution is 2.33. The van der Waals surface area contributed by atoms with E-state index in [1.807, 2.05) is 22.6 Å². The Kier molecular flexibility index (Phi) is 3.45. The molecule has 1 heterocycles. The highest BCUT2D eigenvalue weighted by molar-refractivity contribution is 14.1. The molecule has 0 N–H and O–H groups in total. The normalized spacial score (nSPS) is 13.8. The second kappa shape index (κ2) is 5.03. The lowest BCUT2D eigenvalue weighted by Gasteiger charge is -2.15. The first-order chi connectivity index (χ1) is 9.90. The third kappa shape index (κ3) is 2.22. The molecule has 0 bridgehead atoms. The van der Waals surface area contributed by atoms with Crippen molar-refractivity contribution in [1.82, 2.24) is 0 Å². The van der Waals surface area contributed by atoms with Gasteiger partial charge in [-0.15, -0.1) is 0 Å². The van der Waals surface area contributed by atoms with Crippen molar-refractivity contribution in [3.63, 3.8) is 0 Å². The molecule has 0 atom stereocenters. The molecule has 2 aromatic carbocycles. The van der Waals surface area contributed by atoms with Crippen LogP contribution in [0.3, 0.4) is 0 Å². The molecule has 7 heteroatoms. The molecule has 0 unspecified atom stereocenters. The van der Waals surface area contributed by atoms with Gasteiger partial charge in [0.05, 0.1) is 16.8 Å². The minimum atomic E-state index is -1.16. The molecule has 2 aromatic rings. The number of carbonyl (C=O) groups excluding carboxylic acids is 2. The van der Waals surface area contributed by atoms with Crippen LogP contribution in [-0.4, -0.2) is 11.8 Å². The van der Waals surface area contributed by atoms with Gasteiger partial charge in [-0.05, 0) is 52.9 Å². The number of amides is 2. The summed E-state index contributed by atoms with van der Waals surface area (Å²) in [5.74, 6) is -3.70. The molecule has 0 spiro atoms. The summed E-state index contributed by atoms with van der Waals surface area (Å²) >= 11 is 7.76. The zero-order valence-corrected chi connectivity index (χ0v) is 13.1. The van der Waals surface area contributed by atoms with Gasteiger partial charge in [-0.2, -0.15) is 0 Å². The highest BCUT2D eigenvalue weighted by Gasteiger charge is 2.38. The second-order valence-corrected chi connectivity index (χ2v) is 5.95. The summed E-state index contributed by atoms with van der Waals surface area (Å²) in [4.78, 5) is 25.5. The fourth-order valence-electron chi connectivity index (χ4n) is 2.12. The van der Waals surface area contributed by atoms with E-state index in [1.54, 1.807) is 6.07 Å². The van der Waals surface area contributed by atoms with Crippen molar-refractivity contribution >= 4 is 51.7 Å². The lowest BCUT2D eigenvalue weighted by atomic mass is 10.1. The van der Waals surface area contributed by atoms with E-state index >= 15 is 0 Å². The number of anilines is 1. The van der Waals surface area contributed by atoms with E-state index in [0.717, 1.165) is 17.0 Å². The molecule has 0 radical (unpaired) electrons. The monoisotopic (exact) mass is 419 g/mol. The Labute approximate surface area is 136 Å². The van der Waals surface area contributed by atoms with Gasteiger partial charge >= 0.3 is 0 Å². The van der Waals surface area contributed by atoms with Crippen LogP contribution in [0.4, 0.5) is 14.5 Å². The Bertz CT molecular complexity index is 769. The van der Waals surface area contributed by atoms with Crippen molar-refractivity contribution in [1.29, 1.82) is 0 Å². The quantitative estimate of drug-likeness (QED) is 0.517. The van der Waals surface area contributed by atoms with Crippen LogP contribution in [0, 0.1) is 15.2 Å². The SMILES string of the molecule is O=C1c2cc(F)c(F)cc2C(=O)N1c1ccc(Cl)cc1I. The Hall–Kier alpha value is -1.54. The molecule has 0 fully saturated rings. The van der Waals surface area contributed by atoms with Crippen molar-refractivity contribution < 1.29 is 18.4 Å². The summed E-state index contributed by atoms with van der Waals surface area (Å²) in [5.41, 5.74) is 0.0290. The molecule has 3 rings (SSSR count). The molecule has 1 aliphatic heterocycles. The fraction of sp³-hybridized carbons (Fsp3) is 0. The summed E-state index contributed by atoms with van der Waals surface area (Å²) in [6.45, 7) is 0. The highest BCUT2D eigenvalue weighted by atomic mass is 127. The van der Waals surface area contributed by atoms with E-state index in [2.05, 4.69) is 0 Å². The van der Waals surface area contributed by atoms with Crippen LogP contribution in [-0.2, 0) is 0 Å². The van der Waals surface area contributed by atoms with Gasteiger partial charge in [0, 0.05) is 8.59 Å². The van der Waals surface area contributed by atoms with Crippen LogP contribution >= 0.6 is 34.2 Å². The summed E-state index contributed by atoms with van der Waals surface area (Å²) in [6.07, 6.45) is 0. The van der Waals surface area contributed by atoms with Crippen LogP contribution in [0.15, 0.2) is 30.3 Å². The third-order valence-electron chi connectivity index (χ3n) is 3.08. The Morgan fingerprint density at radius 2 is 1.48 bits per heavy atom. The minimum absolute atomic E-state index is 0.148. The maximum Gasteiger partial charge on any atom is 0.266 e. The Balaban J connectivity index is 2.16. The predicted octanol–water partition coefficient (Wildman–Crippen LogP) is 4.02. The number of imide groups is 1. The molecule has 0 saturated carbocycles. The largest absolute Gasteiger partial charge is 0.268 e. The van der Waals surface area contributed by atoms with Crippen LogP contribution < -0.4 is 4.90 Å². The van der Waals surface area contributed by atoms with E-state index in [4.69, 9.17) is 11.6 Å². The average Bonchev–Trinajstić information content (AvgIpc) is 2.64. The number of rotatable bonds is 1. The number of fused-ring (bicyclic) bond motifs is 1. The average molecular weight is 420 g/mol. The molecule has 0 saturated heterocycles. The summed E-state index contributed by atoms with van der Waals surface area (Å²) in [5, 5.41) is 0.455. The van der Waals surface area contributed by atoms with Crippen LogP contribution in [0.2, 0.25) is 5.02 Å². The smallest absolute Gasteiger partial charge is 0.266 e. The molecular weight excluding hydrogens is 415 g/mol. The molecule has 21 heavy (non-hydrogen) atoms. The first-order valence-electron chi connectivity index (χ1n) is 5.73. The molecule has 1 aliphatic rings. The summed E-state index contributed by atoms with van der Waals surface area (Å²) < 4.78 is 27.1. The number of hydrogen-bond donors (Lipinski definition) is 0. The molecule has 0 aliphatic carbocycles.